The summed E-state index contributed by atoms with van der Waals surface area (Å²) in [4.78, 5) is 17.9. The monoisotopic (exact) mass is 293 g/mol. The topological polar surface area (TPSA) is 20.3 Å². The smallest absolute Gasteiger partial charge is 0.264 e. The van der Waals surface area contributed by atoms with Crippen molar-refractivity contribution in [2.45, 2.75) is 33.7 Å². The zero-order chi connectivity index (χ0) is 13.8. The molecule has 0 radical (unpaired) electrons. The average Bonchev–Trinajstić information content (AvgIpc) is 3.04. The third-order valence-corrected chi connectivity index (χ3v) is 5.38. The Morgan fingerprint density at radius 3 is 2.68 bits per heavy atom. The summed E-state index contributed by atoms with van der Waals surface area (Å²) in [6.07, 6.45) is 1.00. The van der Waals surface area contributed by atoms with Gasteiger partial charge in [0.05, 0.1) is 11.4 Å². The van der Waals surface area contributed by atoms with E-state index in [4.69, 9.17) is 0 Å². The number of hydrogen-bond donors (Lipinski definition) is 0. The number of rotatable bonds is 5. The molecule has 0 aliphatic rings. The summed E-state index contributed by atoms with van der Waals surface area (Å²) >= 11 is 3.34. The molecule has 2 aromatic heterocycles. The predicted molar refractivity (Wildman–Crippen MR) is 83.2 cm³/mol. The Balaban J connectivity index is 2.15. The van der Waals surface area contributed by atoms with E-state index in [1.807, 2.05) is 24.0 Å². The number of thiophene rings is 2. The Hall–Kier alpha value is -1.13. The van der Waals surface area contributed by atoms with E-state index in [2.05, 4.69) is 25.3 Å². The van der Waals surface area contributed by atoms with Crippen molar-refractivity contribution < 1.29 is 4.79 Å². The van der Waals surface area contributed by atoms with Gasteiger partial charge >= 0.3 is 0 Å². The van der Waals surface area contributed by atoms with Gasteiger partial charge in [0.2, 0.25) is 0 Å². The molecule has 4 heteroatoms. The summed E-state index contributed by atoms with van der Waals surface area (Å²) < 4.78 is 0. The fourth-order valence-electron chi connectivity index (χ4n) is 2.05. The normalized spacial score (nSPS) is 10.7. The predicted octanol–water partition coefficient (Wildman–Crippen LogP) is 4.34. The van der Waals surface area contributed by atoms with Crippen molar-refractivity contribution in [2.75, 3.05) is 6.54 Å². The highest BCUT2D eigenvalue weighted by Gasteiger charge is 2.18. The molecule has 0 bridgehead atoms. The lowest BCUT2D eigenvalue weighted by Gasteiger charge is -2.19. The molecule has 19 heavy (non-hydrogen) atoms. The van der Waals surface area contributed by atoms with Crippen LogP contribution in [0.4, 0.5) is 0 Å². The maximum atomic E-state index is 12.5. The molecule has 102 valence electrons. The van der Waals surface area contributed by atoms with Crippen molar-refractivity contribution in [1.82, 2.24) is 4.90 Å². The zero-order valence-corrected chi connectivity index (χ0v) is 13.2. The second-order valence-corrected chi connectivity index (χ2v) is 6.64. The molecule has 0 saturated heterocycles. The highest BCUT2D eigenvalue weighted by Crippen LogP contribution is 2.24. The van der Waals surface area contributed by atoms with Crippen LogP contribution < -0.4 is 0 Å². The number of carbonyl (C=O) groups excluding carboxylic acids is 1. The van der Waals surface area contributed by atoms with Crippen LogP contribution >= 0.6 is 22.7 Å². The van der Waals surface area contributed by atoms with Crippen LogP contribution in [0.25, 0.3) is 0 Å². The third kappa shape index (κ3) is 3.25. The molecule has 2 nitrogen and oxygen atoms in total. The van der Waals surface area contributed by atoms with E-state index in [1.165, 1.54) is 15.3 Å². The molecule has 2 heterocycles. The molecular formula is C15H19NOS2. The van der Waals surface area contributed by atoms with Crippen LogP contribution in [0.3, 0.4) is 0 Å². The van der Waals surface area contributed by atoms with Gasteiger partial charge in [-0.05, 0) is 43.3 Å². The van der Waals surface area contributed by atoms with Crippen molar-refractivity contribution in [3.63, 3.8) is 0 Å². The van der Waals surface area contributed by atoms with Gasteiger partial charge in [-0.25, -0.2) is 0 Å². The molecular weight excluding hydrogens is 274 g/mol. The molecule has 2 rings (SSSR count). The van der Waals surface area contributed by atoms with Crippen molar-refractivity contribution in [1.29, 1.82) is 0 Å². The highest BCUT2D eigenvalue weighted by atomic mass is 32.1. The molecule has 0 aromatic carbocycles. The minimum Gasteiger partial charge on any atom is -0.333 e. The lowest BCUT2D eigenvalue weighted by atomic mass is 10.2. The van der Waals surface area contributed by atoms with E-state index in [9.17, 15) is 4.79 Å². The first kappa shape index (κ1) is 14.3. The fraction of sp³-hybridized carbons (Fsp3) is 0.400. The zero-order valence-electron chi connectivity index (χ0n) is 11.6. The minimum atomic E-state index is 0.156. The third-order valence-electron chi connectivity index (χ3n) is 3.15. The molecule has 0 fully saturated rings. The van der Waals surface area contributed by atoms with Crippen molar-refractivity contribution >= 4 is 28.6 Å². The van der Waals surface area contributed by atoms with Gasteiger partial charge in [-0.15, -0.1) is 22.7 Å². The quantitative estimate of drug-likeness (QED) is 0.803. The van der Waals surface area contributed by atoms with Crippen LogP contribution in [-0.4, -0.2) is 17.4 Å². The van der Waals surface area contributed by atoms with Crippen LogP contribution in [0, 0.1) is 6.92 Å². The van der Waals surface area contributed by atoms with Crippen LogP contribution in [0.1, 0.15) is 38.8 Å². The number of carbonyl (C=O) groups is 1. The highest BCUT2D eigenvalue weighted by molar-refractivity contribution is 7.14. The molecule has 1 amide bonds. The molecule has 0 atom stereocenters. The van der Waals surface area contributed by atoms with Gasteiger partial charge in [0.25, 0.3) is 5.91 Å². The molecule has 2 aromatic rings. The van der Waals surface area contributed by atoms with Crippen molar-refractivity contribution in [3.8, 4) is 0 Å². The van der Waals surface area contributed by atoms with E-state index >= 15 is 0 Å². The number of hydrogen-bond acceptors (Lipinski definition) is 3. The number of amides is 1. The summed E-state index contributed by atoms with van der Waals surface area (Å²) in [5, 5.41) is 2.05. The summed E-state index contributed by atoms with van der Waals surface area (Å²) in [5.74, 6) is 0.156. The molecule has 0 aliphatic carbocycles. The van der Waals surface area contributed by atoms with Gasteiger partial charge in [-0.1, -0.05) is 13.0 Å². The van der Waals surface area contributed by atoms with Crippen LogP contribution in [0.5, 0.6) is 0 Å². The second kappa shape index (κ2) is 6.35. The maximum absolute atomic E-state index is 12.5. The van der Waals surface area contributed by atoms with Crippen LogP contribution in [0.15, 0.2) is 23.6 Å². The number of nitrogens with zero attached hydrogens (tertiary/aromatic N) is 1. The summed E-state index contributed by atoms with van der Waals surface area (Å²) in [6, 6.07) is 6.14. The molecule has 0 spiro atoms. The maximum Gasteiger partial charge on any atom is 0.264 e. The van der Waals surface area contributed by atoms with Gasteiger partial charge < -0.3 is 4.90 Å². The van der Waals surface area contributed by atoms with Crippen molar-refractivity contribution in [3.05, 3.63) is 43.8 Å². The Kier molecular flexibility index (Phi) is 4.77. The summed E-state index contributed by atoms with van der Waals surface area (Å²) in [5.41, 5.74) is 1.24. The number of aryl methyl sites for hydroxylation is 2. The van der Waals surface area contributed by atoms with Crippen LogP contribution in [-0.2, 0) is 13.0 Å². The Morgan fingerprint density at radius 1 is 1.37 bits per heavy atom. The van der Waals surface area contributed by atoms with E-state index in [-0.39, 0.29) is 5.91 Å². The van der Waals surface area contributed by atoms with E-state index in [0.29, 0.717) is 6.54 Å². The summed E-state index contributed by atoms with van der Waals surface area (Å²) in [7, 11) is 0. The van der Waals surface area contributed by atoms with E-state index in [1.54, 1.807) is 22.7 Å². The average molecular weight is 293 g/mol. The van der Waals surface area contributed by atoms with Gasteiger partial charge in [-0.2, -0.15) is 0 Å². The van der Waals surface area contributed by atoms with E-state index in [0.717, 1.165) is 17.8 Å². The molecule has 0 N–H and O–H groups in total. The van der Waals surface area contributed by atoms with Gasteiger partial charge in [-0.3, -0.25) is 4.79 Å². The Bertz CT molecular complexity index is 543. The fourth-order valence-corrected chi connectivity index (χ4v) is 3.85. The first-order chi connectivity index (χ1) is 9.15. The first-order valence-corrected chi connectivity index (χ1v) is 8.26. The molecule has 0 saturated carbocycles. The minimum absolute atomic E-state index is 0.156. The molecule has 0 unspecified atom stereocenters. The lowest BCUT2D eigenvalue weighted by molar-refractivity contribution is 0.0759. The SMILES string of the molecule is CCc1sc(C(=O)N(CC)Cc2cccs2)cc1C. The Morgan fingerprint density at radius 2 is 2.16 bits per heavy atom. The first-order valence-electron chi connectivity index (χ1n) is 6.56. The largest absolute Gasteiger partial charge is 0.333 e. The standard InChI is InChI=1S/C15H19NOS2/c1-4-13-11(3)9-14(19-13)15(17)16(5-2)10-12-7-6-8-18-12/h6-9H,4-5,10H2,1-3H3. The molecule has 0 aliphatic heterocycles. The summed E-state index contributed by atoms with van der Waals surface area (Å²) in [6.45, 7) is 7.71. The van der Waals surface area contributed by atoms with Gasteiger partial charge in [0.15, 0.2) is 0 Å². The second-order valence-electron chi connectivity index (χ2n) is 4.47. The van der Waals surface area contributed by atoms with Gasteiger partial charge in [0, 0.05) is 16.3 Å². The Labute approximate surface area is 122 Å². The van der Waals surface area contributed by atoms with E-state index < -0.39 is 0 Å². The van der Waals surface area contributed by atoms with Crippen molar-refractivity contribution in [2.24, 2.45) is 0 Å². The lowest BCUT2D eigenvalue weighted by Crippen LogP contribution is -2.29. The van der Waals surface area contributed by atoms with Gasteiger partial charge in [0.1, 0.15) is 0 Å². The van der Waals surface area contributed by atoms with Crippen LogP contribution in [0.2, 0.25) is 0 Å².